The monoisotopic (exact) mass is 889 g/mol. The fourth-order valence-corrected chi connectivity index (χ4v) is 14.2. The topological polar surface area (TPSA) is 267 Å². The molecule has 0 aromatic carbocycles. The highest BCUT2D eigenvalue weighted by molar-refractivity contribution is 5.15. The predicted molar refractivity (Wildman–Crippen MR) is 216 cm³/mol. The Morgan fingerprint density at radius 3 is 1.82 bits per heavy atom. The molecular formula is C45H76O17. The minimum atomic E-state index is -1.74. The number of ether oxygens (including phenoxy) is 7. The van der Waals surface area contributed by atoms with Crippen LogP contribution in [0.1, 0.15) is 99.3 Å². The number of hydrogen-bond acceptors (Lipinski definition) is 17. The van der Waals surface area contributed by atoms with Gasteiger partial charge >= 0.3 is 0 Å². The van der Waals surface area contributed by atoms with E-state index in [0.29, 0.717) is 48.9 Å². The van der Waals surface area contributed by atoms with E-state index in [1.54, 1.807) is 0 Å². The van der Waals surface area contributed by atoms with Crippen molar-refractivity contribution in [3.8, 4) is 0 Å². The Morgan fingerprint density at radius 2 is 1.21 bits per heavy atom. The van der Waals surface area contributed by atoms with Crippen molar-refractivity contribution >= 4 is 0 Å². The molecule has 4 saturated carbocycles. The van der Waals surface area contributed by atoms with E-state index in [9.17, 15) is 51.1 Å². The normalized spacial score (nSPS) is 57.0. The van der Waals surface area contributed by atoms with Gasteiger partial charge in [-0.05, 0) is 124 Å². The number of rotatable bonds is 11. The van der Waals surface area contributed by atoms with Crippen molar-refractivity contribution in [1.29, 1.82) is 0 Å². The smallest absolute Gasteiger partial charge is 0.187 e. The third kappa shape index (κ3) is 8.26. The Kier molecular flexibility index (Phi) is 14.2. The van der Waals surface area contributed by atoms with Crippen molar-refractivity contribution in [3.63, 3.8) is 0 Å². The molecule has 62 heavy (non-hydrogen) atoms. The van der Waals surface area contributed by atoms with Crippen LogP contribution in [0.15, 0.2) is 0 Å². The lowest BCUT2D eigenvalue weighted by atomic mass is 9.43. The molecule has 0 radical (unpaired) electrons. The molecule has 358 valence electrons. The lowest BCUT2D eigenvalue weighted by molar-refractivity contribution is -0.389. The van der Waals surface area contributed by atoms with Gasteiger partial charge in [-0.1, -0.05) is 27.7 Å². The Balaban J connectivity index is 0.975. The van der Waals surface area contributed by atoms with E-state index in [1.807, 2.05) is 0 Å². The minimum absolute atomic E-state index is 0.0897. The first-order chi connectivity index (χ1) is 29.3. The average molecular weight is 889 g/mol. The first-order valence-electron chi connectivity index (χ1n) is 23.6. The van der Waals surface area contributed by atoms with Crippen LogP contribution in [-0.2, 0) is 33.2 Å². The van der Waals surface area contributed by atoms with Crippen molar-refractivity contribution in [2.45, 2.75) is 216 Å². The highest BCUT2D eigenvalue weighted by Crippen LogP contribution is 2.70. The fraction of sp³-hybridized carbons (Fsp3) is 1.00. The van der Waals surface area contributed by atoms with E-state index in [-0.39, 0.29) is 41.5 Å². The van der Waals surface area contributed by atoms with E-state index in [0.717, 1.165) is 38.5 Å². The Morgan fingerprint density at radius 1 is 0.597 bits per heavy atom. The fourth-order valence-electron chi connectivity index (χ4n) is 14.2. The molecule has 0 aromatic rings. The summed E-state index contributed by atoms with van der Waals surface area (Å²) in [5, 5.41) is 108. The molecule has 0 bridgehead atoms. The molecule has 4 aliphatic carbocycles. The molecule has 17 heteroatoms. The van der Waals surface area contributed by atoms with Gasteiger partial charge in [-0.3, -0.25) is 0 Å². The zero-order valence-corrected chi connectivity index (χ0v) is 37.1. The Hall–Kier alpha value is -0.680. The molecule has 0 unspecified atom stereocenters. The summed E-state index contributed by atoms with van der Waals surface area (Å²) in [6.45, 7) is 11.7. The van der Waals surface area contributed by atoms with Gasteiger partial charge in [-0.15, -0.1) is 0 Å². The summed E-state index contributed by atoms with van der Waals surface area (Å²) >= 11 is 0. The lowest BCUT2D eigenvalue weighted by Crippen LogP contribution is -2.66. The van der Waals surface area contributed by atoms with Crippen molar-refractivity contribution in [3.05, 3.63) is 0 Å². The summed E-state index contributed by atoms with van der Waals surface area (Å²) in [7, 11) is 0. The van der Waals surface area contributed by atoms with Gasteiger partial charge in [-0.25, -0.2) is 0 Å². The molecule has 4 aliphatic heterocycles. The number of fused-ring (bicyclic) bond motifs is 7. The number of aliphatic hydroxyl groups excluding tert-OH is 10. The van der Waals surface area contributed by atoms with Crippen molar-refractivity contribution < 1.29 is 84.2 Å². The molecule has 10 N–H and O–H groups in total. The molecule has 4 saturated heterocycles. The third-order valence-electron chi connectivity index (χ3n) is 17.8. The van der Waals surface area contributed by atoms with Crippen LogP contribution in [0, 0.1) is 52.3 Å². The van der Waals surface area contributed by atoms with Crippen LogP contribution in [0.5, 0.6) is 0 Å². The van der Waals surface area contributed by atoms with Crippen LogP contribution in [0.3, 0.4) is 0 Å². The maximum absolute atomic E-state index is 12.1. The van der Waals surface area contributed by atoms with Gasteiger partial charge in [0.25, 0.3) is 0 Å². The second kappa shape index (κ2) is 18.4. The zero-order chi connectivity index (χ0) is 44.7. The maximum Gasteiger partial charge on any atom is 0.187 e. The van der Waals surface area contributed by atoms with Gasteiger partial charge < -0.3 is 84.2 Å². The van der Waals surface area contributed by atoms with Crippen LogP contribution >= 0.6 is 0 Å². The summed E-state index contributed by atoms with van der Waals surface area (Å²) < 4.78 is 43.3. The van der Waals surface area contributed by atoms with E-state index >= 15 is 0 Å². The van der Waals surface area contributed by atoms with Crippen LogP contribution in [-0.4, -0.2) is 181 Å². The van der Waals surface area contributed by atoms with Crippen LogP contribution < -0.4 is 0 Å². The molecule has 17 nitrogen and oxygen atoms in total. The van der Waals surface area contributed by atoms with Gasteiger partial charge in [0.2, 0.25) is 0 Å². The highest BCUT2D eigenvalue weighted by Gasteiger charge is 2.67. The lowest BCUT2D eigenvalue weighted by Gasteiger charge is -2.62. The van der Waals surface area contributed by atoms with Gasteiger partial charge in [-0.2, -0.15) is 0 Å². The third-order valence-corrected chi connectivity index (χ3v) is 17.8. The Labute approximate surface area is 364 Å². The number of hydrogen-bond donors (Lipinski definition) is 10. The SMILES string of the molecule is C[C@@H](CO)CC[C@H]1O[C@H]2C[C@H]3[C@@H]4C[C@H](O)[C@H]5C[C@@H](O[C@@H]6O[C@H](CO)[C@@H](O[C@@H]7O[C@@H](C)[C@H](O)[C@@H](O)[C@H]7O)[C@H](O)[C@H]6O[C@@H]6O[C@@H](C)[C@H](O)[C@@H](O)[C@H]6O)CC[C@]5(C)[C@H]4CC[C@]3(C)[C@H]2[C@@H]1C. The van der Waals surface area contributed by atoms with Crippen molar-refractivity contribution in [2.24, 2.45) is 52.3 Å². The van der Waals surface area contributed by atoms with Crippen molar-refractivity contribution in [2.75, 3.05) is 13.2 Å². The van der Waals surface area contributed by atoms with Gasteiger partial charge in [0.15, 0.2) is 18.9 Å². The molecule has 0 spiro atoms. The second-order valence-electron chi connectivity index (χ2n) is 21.3. The standard InChI is InChI=1S/C45H76O17/c1-18(16-46)7-8-28-19(2)31-29(59-28)15-25-23-14-27(48)26-13-22(9-11-44(26,5)24(23)10-12-45(25,31)6)58-43-40(62-42-37(54)35(52)33(50)21(4)57-42)38(55)39(30(17-47)60-43)61-41-36(53)34(51)32(49)20(3)56-41/h18-43,46-55H,7-17H2,1-6H3/t18-,19-,20+,21+,22+,23-,24+,25+,26-,27+,28-,29+,30-,31+,32+,33+,34-,35-,36-,37-,38+,39-,40-,41+,42+,43-,44-,45+/m1/s1. The van der Waals surface area contributed by atoms with Crippen LogP contribution in [0.25, 0.3) is 0 Å². The highest BCUT2D eigenvalue weighted by atomic mass is 16.8. The quantitative estimate of drug-likeness (QED) is 0.122. The van der Waals surface area contributed by atoms with E-state index in [2.05, 4.69) is 27.7 Å². The van der Waals surface area contributed by atoms with Crippen molar-refractivity contribution in [1.82, 2.24) is 0 Å². The minimum Gasteiger partial charge on any atom is -0.396 e. The molecular weight excluding hydrogens is 812 g/mol. The summed E-state index contributed by atoms with van der Waals surface area (Å²) in [6, 6.07) is 0. The summed E-state index contributed by atoms with van der Waals surface area (Å²) in [5.74, 6) is 2.32. The predicted octanol–water partition coefficient (Wildman–Crippen LogP) is -0.0732. The molecule has 28 atom stereocenters. The van der Waals surface area contributed by atoms with E-state index in [1.165, 1.54) is 13.8 Å². The van der Waals surface area contributed by atoms with Gasteiger partial charge in [0.1, 0.15) is 61.0 Å². The largest absolute Gasteiger partial charge is 0.396 e. The molecule has 0 aromatic heterocycles. The summed E-state index contributed by atoms with van der Waals surface area (Å²) in [5.41, 5.74) is -0.0256. The van der Waals surface area contributed by atoms with Crippen LogP contribution in [0.2, 0.25) is 0 Å². The summed E-state index contributed by atoms with van der Waals surface area (Å²) in [6.07, 6.45) is -14.8. The molecule has 0 amide bonds. The zero-order valence-electron chi connectivity index (χ0n) is 37.1. The summed E-state index contributed by atoms with van der Waals surface area (Å²) in [4.78, 5) is 0. The first kappa shape index (κ1) is 47.8. The van der Waals surface area contributed by atoms with E-state index < -0.39 is 111 Å². The molecule has 8 rings (SSSR count). The van der Waals surface area contributed by atoms with E-state index in [4.69, 9.17) is 33.2 Å². The first-order valence-corrected chi connectivity index (χ1v) is 23.6. The maximum atomic E-state index is 12.1. The molecule has 8 fully saturated rings. The van der Waals surface area contributed by atoms with Crippen LogP contribution in [0.4, 0.5) is 0 Å². The average Bonchev–Trinajstić information content (AvgIpc) is 3.73. The van der Waals surface area contributed by atoms with Gasteiger partial charge in [0, 0.05) is 6.61 Å². The second-order valence-corrected chi connectivity index (χ2v) is 21.3. The Bertz CT molecular complexity index is 1510. The molecule has 4 heterocycles. The number of aliphatic hydroxyl groups is 10. The molecule has 8 aliphatic rings. The van der Waals surface area contributed by atoms with Gasteiger partial charge in [0.05, 0.1) is 43.2 Å².